The summed E-state index contributed by atoms with van der Waals surface area (Å²) in [5, 5.41) is 5.03. The Bertz CT molecular complexity index is 1060. The van der Waals surface area contributed by atoms with E-state index in [1.807, 2.05) is 48.7 Å². The van der Waals surface area contributed by atoms with Crippen molar-refractivity contribution in [3.63, 3.8) is 0 Å². The summed E-state index contributed by atoms with van der Waals surface area (Å²) < 4.78 is 31.8. The minimum Gasteiger partial charge on any atom is -0.383 e. The molecule has 6 nitrogen and oxygen atoms in total. The molecule has 0 saturated carbocycles. The van der Waals surface area contributed by atoms with Crippen LogP contribution in [0.4, 0.5) is 0 Å². The lowest BCUT2D eigenvalue weighted by Gasteiger charge is -2.18. The number of hydrogen-bond acceptors (Lipinski definition) is 5. The van der Waals surface area contributed by atoms with Gasteiger partial charge in [0.05, 0.1) is 17.5 Å². The Kier molecular flexibility index (Phi) is 7.38. The Balaban J connectivity index is 1.77. The highest BCUT2D eigenvalue weighted by Crippen LogP contribution is 2.27. The molecule has 0 saturated heterocycles. The zero-order valence-electron chi connectivity index (χ0n) is 16.8. The highest BCUT2D eigenvalue weighted by molar-refractivity contribution is 7.89. The maximum atomic E-state index is 12.9. The lowest BCUT2D eigenvalue weighted by atomic mass is 10.0. The first-order valence-electron chi connectivity index (χ1n) is 9.40. The fourth-order valence-electron chi connectivity index (χ4n) is 2.89. The summed E-state index contributed by atoms with van der Waals surface area (Å²) in [7, 11) is -2.14. The number of rotatable bonds is 9. The number of ether oxygens (including phenoxy) is 1. The number of sulfonamides is 1. The van der Waals surface area contributed by atoms with E-state index in [0.29, 0.717) is 5.56 Å². The summed E-state index contributed by atoms with van der Waals surface area (Å²) in [4.78, 5) is 14.0. The van der Waals surface area contributed by atoms with Crippen LogP contribution in [0.5, 0.6) is 0 Å². The maximum Gasteiger partial charge on any atom is 0.252 e. The molecule has 2 aromatic carbocycles. The van der Waals surface area contributed by atoms with Gasteiger partial charge in [-0.2, -0.15) is 0 Å². The number of hydrogen-bond donors (Lipinski definition) is 2. The predicted molar refractivity (Wildman–Crippen MR) is 118 cm³/mol. The van der Waals surface area contributed by atoms with Crippen LogP contribution in [-0.4, -0.2) is 34.6 Å². The van der Waals surface area contributed by atoms with Crippen LogP contribution in [0.15, 0.2) is 70.9 Å². The van der Waals surface area contributed by atoms with Crippen molar-refractivity contribution in [2.45, 2.75) is 17.9 Å². The van der Waals surface area contributed by atoms with Crippen LogP contribution < -0.4 is 10.0 Å². The van der Waals surface area contributed by atoms with Crippen LogP contribution >= 0.6 is 11.3 Å². The molecule has 0 radical (unpaired) electrons. The number of benzene rings is 2. The zero-order valence-corrected chi connectivity index (χ0v) is 18.4. The van der Waals surface area contributed by atoms with Crippen molar-refractivity contribution >= 4 is 27.3 Å². The van der Waals surface area contributed by atoms with E-state index in [1.54, 1.807) is 11.3 Å². The van der Waals surface area contributed by atoms with Crippen LogP contribution in [0.3, 0.4) is 0 Å². The van der Waals surface area contributed by atoms with Gasteiger partial charge in [0, 0.05) is 24.1 Å². The largest absolute Gasteiger partial charge is 0.383 e. The molecule has 0 bridgehead atoms. The minimum absolute atomic E-state index is 0.100. The van der Waals surface area contributed by atoms with Gasteiger partial charge in [-0.25, -0.2) is 13.1 Å². The molecular formula is C22H24N2O4S2. The van der Waals surface area contributed by atoms with Crippen molar-refractivity contribution < 1.29 is 17.9 Å². The number of methoxy groups -OCH3 is 1. The average Bonchev–Trinajstić information content (AvgIpc) is 3.27. The monoisotopic (exact) mass is 444 g/mol. The van der Waals surface area contributed by atoms with E-state index in [0.717, 1.165) is 16.0 Å². The summed E-state index contributed by atoms with van der Waals surface area (Å²) in [6, 6.07) is 17.6. The van der Waals surface area contributed by atoms with Gasteiger partial charge < -0.3 is 10.1 Å². The smallest absolute Gasteiger partial charge is 0.252 e. The summed E-state index contributed by atoms with van der Waals surface area (Å²) in [5.74, 6) is -0.273. The molecule has 1 aromatic heterocycles. The first-order valence-corrected chi connectivity index (χ1v) is 11.8. The van der Waals surface area contributed by atoms with Gasteiger partial charge in [-0.3, -0.25) is 4.79 Å². The van der Waals surface area contributed by atoms with Crippen molar-refractivity contribution in [1.29, 1.82) is 0 Å². The van der Waals surface area contributed by atoms with Gasteiger partial charge in [0.2, 0.25) is 10.0 Å². The second-order valence-corrected chi connectivity index (χ2v) is 9.49. The molecule has 1 amide bonds. The quantitative estimate of drug-likeness (QED) is 0.495. The lowest BCUT2D eigenvalue weighted by molar-refractivity contribution is 0.0943. The van der Waals surface area contributed by atoms with Crippen LogP contribution in [0.25, 0.3) is 0 Å². The molecule has 1 atom stereocenters. The molecule has 0 aliphatic carbocycles. The summed E-state index contributed by atoms with van der Waals surface area (Å²) in [6.07, 6.45) is 0. The minimum atomic E-state index is -3.64. The standard InChI is InChI=1S/C22H24N2O4S2/c1-16-5-7-17(8-6-16)21(20-4-3-15-29-20)24-22(25)18-9-11-19(12-10-18)30(26,27)23-13-14-28-2/h3-12,15,21,23H,13-14H2,1-2H3,(H,24,25). The Morgan fingerprint density at radius 2 is 1.77 bits per heavy atom. The van der Waals surface area contributed by atoms with Gasteiger partial charge in [-0.05, 0) is 48.2 Å². The van der Waals surface area contributed by atoms with E-state index >= 15 is 0 Å². The summed E-state index contributed by atoms with van der Waals surface area (Å²) in [5.41, 5.74) is 2.52. The van der Waals surface area contributed by atoms with E-state index in [1.165, 1.54) is 31.4 Å². The van der Waals surface area contributed by atoms with Crippen LogP contribution in [0.1, 0.15) is 32.4 Å². The average molecular weight is 445 g/mol. The van der Waals surface area contributed by atoms with Crippen molar-refractivity contribution in [1.82, 2.24) is 10.0 Å². The molecular weight excluding hydrogens is 420 g/mol. The Morgan fingerprint density at radius 3 is 2.37 bits per heavy atom. The molecule has 8 heteroatoms. The number of aryl methyl sites for hydroxylation is 1. The maximum absolute atomic E-state index is 12.9. The van der Waals surface area contributed by atoms with Gasteiger partial charge in [0.1, 0.15) is 0 Å². The normalized spacial score (nSPS) is 12.5. The second kappa shape index (κ2) is 9.99. The van der Waals surface area contributed by atoms with Gasteiger partial charge in [0.15, 0.2) is 0 Å². The number of nitrogens with one attached hydrogen (secondary N) is 2. The molecule has 2 N–H and O–H groups in total. The summed E-state index contributed by atoms with van der Waals surface area (Å²) >= 11 is 1.57. The third-order valence-corrected chi connectivity index (χ3v) is 6.95. The topological polar surface area (TPSA) is 84.5 Å². The van der Waals surface area contributed by atoms with Gasteiger partial charge in [-0.15, -0.1) is 11.3 Å². The molecule has 0 spiro atoms. The van der Waals surface area contributed by atoms with E-state index in [2.05, 4.69) is 10.0 Å². The summed E-state index contributed by atoms with van der Waals surface area (Å²) in [6.45, 7) is 2.48. The van der Waals surface area contributed by atoms with Gasteiger partial charge >= 0.3 is 0 Å². The van der Waals surface area contributed by atoms with Gasteiger partial charge in [0.25, 0.3) is 5.91 Å². The van der Waals surface area contributed by atoms with Crippen LogP contribution in [-0.2, 0) is 14.8 Å². The van der Waals surface area contributed by atoms with E-state index < -0.39 is 10.0 Å². The molecule has 1 unspecified atom stereocenters. The first kappa shape index (κ1) is 22.2. The molecule has 0 fully saturated rings. The highest BCUT2D eigenvalue weighted by Gasteiger charge is 2.20. The Morgan fingerprint density at radius 1 is 1.07 bits per heavy atom. The molecule has 3 rings (SSSR count). The van der Waals surface area contributed by atoms with Crippen molar-refractivity contribution in [3.05, 3.63) is 87.6 Å². The number of carbonyl (C=O) groups excluding carboxylic acids is 1. The second-order valence-electron chi connectivity index (χ2n) is 6.75. The molecule has 30 heavy (non-hydrogen) atoms. The van der Waals surface area contributed by atoms with Crippen molar-refractivity contribution in [2.75, 3.05) is 20.3 Å². The van der Waals surface area contributed by atoms with E-state index in [9.17, 15) is 13.2 Å². The number of carbonyl (C=O) groups is 1. The number of thiophene rings is 1. The molecule has 158 valence electrons. The van der Waals surface area contributed by atoms with E-state index in [4.69, 9.17) is 4.74 Å². The fraction of sp³-hybridized carbons (Fsp3) is 0.227. The Labute approximate surface area is 181 Å². The van der Waals surface area contributed by atoms with Crippen molar-refractivity contribution in [3.8, 4) is 0 Å². The Hall–Kier alpha value is -2.52. The van der Waals surface area contributed by atoms with Crippen LogP contribution in [0, 0.1) is 6.92 Å². The molecule has 3 aromatic rings. The SMILES string of the molecule is COCCNS(=O)(=O)c1ccc(C(=O)NC(c2ccc(C)cc2)c2cccs2)cc1. The lowest BCUT2D eigenvalue weighted by Crippen LogP contribution is -2.29. The van der Waals surface area contributed by atoms with Crippen molar-refractivity contribution in [2.24, 2.45) is 0 Å². The third-order valence-electron chi connectivity index (χ3n) is 4.54. The first-order chi connectivity index (χ1) is 14.4. The zero-order chi connectivity index (χ0) is 21.6. The van der Waals surface area contributed by atoms with Crippen LogP contribution in [0.2, 0.25) is 0 Å². The fourth-order valence-corrected chi connectivity index (χ4v) is 4.71. The highest BCUT2D eigenvalue weighted by atomic mass is 32.2. The third kappa shape index (κ3) is 5.54. The predicted octanol–water partition coefficient (Wildman–Crippen LogP) is 3.50. The van der Waals surface area contributed by atoms with E-state index in [-0.39, 0.29) is 30.0 Å². The molecule has 1 heterocycles. The molecule has 0 aliphatic heterocycles. The van der Waals surface area contributed by atoms with Gasteiger partial charge in [-0.1, -0.05) is 35.9 Å². The number of amides is 1. The molecule has 0 aliphatic rings.